The second-order valence-electron chi connectivity index (χ2n) is 7.53. The molecule has 0 unspecified atom stereocenters. The maximum atomic E-state index is 13.2. The summed E-state index contributed by atoms with van der Waals surface area (Å²) in [6, 6.07) is 14.5. The predicted molar refractivity (Wildman–Crippen MR) is 111 cm³/mol. The summed E-state index contributed by atoms with van der Waals surface area (Å²) in [6.07, 6.45) is 1.28. The van der Waals surface area contributed by atoms with Crippen LogP contribution in [-0.4, -0.2) is 31.7 Å². The van der Waals surface area contributed by atoms with E-state index in [9.17, 15) is 13.2 Å². The molecule has 1 atom stereocenters. The molecule has 2 aromatic rings. The fourth-order valence-electron chi connectivity index (χ4n) is 3.58. The molecule has 1 N–H and O–H groups in total. The molecule has 1 fully saturated rings. The van der Waals surface area contributed by atoms with Crippen LogP contribution in [0.2, 0.25) is 5.02 Å². The van der Waals surface area contributed by atoms with E-state index in [4.69, 9.17) is 11.6 Å². The molecule has 1 saturated heterocycles. The topological polar surface area (TPSA) is 66.5 Å². The average molecular weight is 421 g/mol. The van der Waals surface area contributed by atoms with Crippen LogP contribution in [0.15, 0.2) is 53.4 Å². The van der Waals surface area contributed by atoms with Crippen LogP contribution in [0, 0.1) is 12.3 Å². The average Bonchev–Trinajstić information content (AvgIpc) is 2.69. The molecule has 28 heavy (non-hydrogen) atoms. The van der Waals surface area contributed by atoms with E-state index in [1.165, 1.54) is 4.31 Å². The van der Waals surface area contributed by atoms with Gasteiger partial charge in [0.2, 0.25) is 15.9 Å². The smallest absolute Gasteiger partial charge is 0.243 e. The van der Waals surface area contributed by atoms with E-state index in [0.717, 1.165) is 5.56 Å². The van der Waals surface area contributed by atoms with Crippen molar-refractivity contribution >= 4 is 27.5 Å². The third-order valence-corrected chi connectivity index (χ3v) is 7.74. The number of nitrogens with zero attached hydrogens (tertiary/aromatic N) is 1. The number of hydrogen-bond acceptors (Lipinski definition) is 3. The van der Waals surface area contributed by atoms with Gasteiger partial charge in [-0.25, -0.2) is 8.42 Å². The van der Waals surface area contributed by atoms with Crippen molar-refractivity contribution in [2.45, 2.75) is 38.1 Å². The number of nitrogens with one attached hydrogen (secondary N) is 1. The van der Waals surface area contributed by atoms with Crippen LogP contribution in [-0.2, 0) is 21.4 Å². The zero-order chi connectivity index (χ0) is 20.4. The van der Waals surface area contributed by atoms with Gasteiger partial charge >= 0.3 is 0 Å². The van der Waals surface area contributed by atoms with E-state index >= 15 is 0 Å². The van der Waals surface area contributed by atoms with Gasteiger partial charge in [-0.3, -0.25) is 4.79 Å². The first-order valence-electron chi connectivity index (χ1n) is 9.31. The molecule has 2 aromatic carbocycles. The molecule has 0 aromatic heterocycles. The van der Waals surface area contributed by atoms with Gasteiger partial charge in [0.05, 0.1) is 10.3 Å². The van der Waals surface area contributed by atoms with Gasteiger partial charge in [-0.1, -0.05) is 48.0 Å². The van der Waals surface area contributed by atoms with E-state index in [-0.39, 0.29) is 17.3 Å². The molecule has 1 aliphatic heterocycles. The lowest BCUT2D eigenvalue weighted by Crippen LogP contribution is -2.51. The van der Waals surface area contributed by atoms with Crippen LogP contribution in [0.1, 0.15) is 30.9 Å². The minimum Gasteiger partial charge on any atom is -0.352 e. The van der Waals surface area contributed by atoms with Crippen molar-refractivity contribution in [3.8, 4) is 0 Å². The number of benzene rings is 2. The predicted octanol–water partition coefficient (Wildman–Crippen LogP) is 3.76. The Morgan fingerprint density at radius 1 is 1.18 bits per heavy atom. The van der Waals surface area contributed by atoms with Gasteiger partial charge in [0.1, 0.15) is 0 Å². The van der Waals surface area contributed by atoms with Gasteiger partial charge in [0, 0.05) is 24.7 Å². The number of hydrogen-bond donors (Lipinski definition) is 1. The molecule has 1 aliphatic rings. The van der Waals surface area contributed by atoms with Crippen LogP contribution in [0.25, 0.3) is 0 Å². The summed E-state index contributed by atoms with van der Waals surface area (Å²) in [7, 11) is -3.72. The van der Waals surface area contributed by atoms with E-state index in [2.05, 4.69) is 5.32 Å². The molecule has 1 heterocycles. The third-order valence-electron chi connectivity index (χ3n) is 5.34. The van der Waals surface area contributed by atoms with E-state index in [1.54, 1.807) is 25.1 Å². The molecular weight excluding hydrogens is 396 g/mol. The lowest BCUT2D eigenvalue weighted by molar-refractivity contribution is -0.132. The van der Waals surface area contributed by atoms with Crippen molar-refractivity contribution in [1.82, 2.24) is 9.62 Å². The number of halogens is 1. The first-order valence-corrected chi connectivity index (χ1v) is 11.1. The molecule has 0 spiro atoms. The summed E-state index contributed by atoms with van der Waals surface area (Å²) in [4.78, 5) is 13.1. The van der Waals surface area contributed by atoms with E-state index < -0.39 is 15.4 Å². The maximum Gasteiger partial charge on any atom is 0.243 e. The Bertz CT molecular complexity index is 963. The van der Waals surface area contributed by atoms with E-state index in [0.29, 0.717) is 36.5 Å². The highest BCUT2D eigenvalue weighted by Crippen LogP contribution is 2.34. The van der Waals surface area contributed by atoms with Gasteiger partial charge in [0.15, 0.2) is 0 Å². The molecule has 3 rings (SSSR count). The molecule has 0 saturated carbocycles. The second-order valence-corrected chi connectivity index (χ2v) is 9.85. The quantitative estimate of drug-likeness (QED) is 0.800. The van der Waals surface area contributed by atoms with Gasteiger partial charge in [0.25, 0.3) is 0 Å². The number of piperidine rings is 1. The molecule has 1 amide bonds. The van der Waals surface area contributed by atoms with Gasteiger partial charge < -0.3 is 5.32 Å². The fourth-order valence-corrected chi connectivity index (χ4v) is 5.66. The first kappa shape index (κ1) is 20.8. The van der Waals surface area contributed by atoms with Crippen molar-refractivity contribution in [2.24, 2.45) is 5.41 Å². The second kappa shape index (κ2) is 8.23. The maximum absolute atomic E-state index is 13.2. The number of rotatable bonds is 5. The Labute approximate surface area is 171 Å². The monoisotopic (exact) mass is 420 g/mol. The molecule has 0 bridgehead atoms. The minimum atomic E-state index is -3.72. The Hall–Kier alpha value is -1.89. The zero-order valence-electron chi connectivity index (χ0n) is 16.1. The van der Waals surface area contributed by atoms with Gasteiger partial charge in [-0.05, 0) is 49.9 Å². The molecule has 150 valence electrons. The third kappa shape index (κ3) is 4.24. The molecule has 0 aliphatic carbocycles. The highest BCUT2D eigenvalue weighted by atomic mass is 35.5. The number of carbonyl (C=O) groups is 1. The zero-order valence-corrected chi connectivity index (χ0v) is 17.7. The Morgan fingerprint density at radius 3 is 2.61 bits per heavy atom. The largest absolute Gasteiger partial charge is 0.352 e. The molecule has 0 radical (unpaired) electrons. The molecule has 7 heteroatoms. The van der Waals surface area contributed by atoms with Crippen LogP contribution >= 0.6 is 11.6 Å². The molecule has 5 nitrogen and oxygen atoms in total. The summed E-state index contributed by atoms with van der Waals surface area (Å²) in [5, 5.41) is 3.38. The van der Waals surface area contributed by atoms with Crippen LogP contribution in [0.4, 0.5) is 0 Å². The van der Waals surface area contributed by atoms with Crippen molar-refractivity contribution in [3.05, 3.63) is 64.7 Å². The van der Waals surface area contributed by atoms with E-state index in [1.807, 2.05) is 37.3 Å². The van der Waals surface area contributed by atoms with Crippen LogP contribution in [0.3, 0.4) is 0 Å². The number of amides is 1. The Balaban J connectivity index is 1.76. The summed E-state index contributed by atoms with van der Waals surface area (Å²) in [5.74, 6) is -0.126. The van der Waals surface area contributed by atoms with Crippen LogP contribution in [0.5, 0.6) is 0 Å². The standard InChI is InChI=1S/C21H25ClN2O3S/c1-16-18(22)10-6-11-19(16)28(26,27)24-13-7-12-21(2,15-24)20(25)23-14-17-8-4-3-5-9-17/h3-6,8-11H,7,12-15H2,1-2H3,(H,23,25)/t21-/m0/s1. The highest BCUT2D eigenvalue weighted by molar-refractivity contribution is 7.89. The Kier molecular flexibility index (Phi) is 6.12. The number of sulfonamides is 1. The summed E-state index contributed by atoms with van der Waals surface area (Å²) in [5.41, 5.74) is 0.770. The molecular formula is C21H25ClN2O3S. The first-order chi connectivity index (χ1) is 13.2. The van der Waals surface area contributed by atoms with Crippen molar-refractivity contribution < 1.29 is 13.2 Å². The van der Waals surface area contributed by atoms with Gasteiger partial charge in [-0.15, -0.1) is 0 Å². The lowest BCUT2D eigenvalue weighted by atomic mass is 9.82. The lowest BCUT2D eigenvalue weighted by Gasteiger charge is -2.38. The normalized spacial score (nSPS) is 20.7. The van der Waals surface area contributed by atoms with Crippen molar-refractivity contribution in [1.29, 1.82) is 0 Å². The SMILES string of the molecule is Cc1c(Cl)cccc1S(=O)(=O)N1CCC[C@](C)(C(=O)NCc2ccccc2)C1. The van der Waals surface area contributed by atoms with Crippen LogP contribution < -0.4 is 5.32 Å². The summed E-state index contributed by atoms with van der Waals surface area (Å²) in [6.45, 7) is 4.51. The minimum absolute atomic E-state index is 0.126. The van der Waals surface area contributed by atoms with Crippen molar-refractivity contribution in [2.75, 3.05) is 13.1 Å². The number of carbonyl (C=O) groups excluding carboxylic acids is 1. The van der Waals surface area contributed by atoms with Crippen molar-refractivity contribution in [3.63, 3.8) is 0 Å². The van der Waals surface area contributed by atoms with Gasteiger partial charge in [-0.2, -0.15) is 4.31 Å². The summed E-state index contributed by atoms with van der Waals surface area (Å²) < 4.78 is 27.8. The fraction of sp³-hybridized carbons (Fsp3) is 0.381. The Morgan fingerprint density at radius 2 is 1.89 bits per heavy atom. The highest BCUT2D eigenvalue weighted by Gasteiger charge is 2.42. The summed E-state index contributed by atoms with van der Waals surface area (Å²) >= 11 is 6.12.